The third-order valence-electron chi connectivity index (χ3n) is 6.19. The summed E-state index contributed by atoms with van der Waals surface area (Å²) >= 11 is 0. The maximum absolute atomic E-state index is 13.0. The van der Waals surface area contributed by atoms with Gasteiger partial charge in [-0.25, -0.2) is 0 Å². The molecule has 2 amide bonds. The van der Waals surface area contributed by atoms with Crippen molar-refractivity contribution >= 4 is 11.8 Å². The van der Waals surface area contributed by atoms with Gasteiger partial charge in [-0.05, 0) is 43.0 Å². The number of aromatic nitrogens is 2. The van der Waals surface area contributed by atoms with Crippen LogP contribution in [0.15, 0.2) is 54.7 Å². The number of hydrogen-bond donors (Lipinski definition) is 0. The molecule has 1 fully saturated rings. The van der Waals surface area contributed by atoms with E-state index in [1.165, 1.54) is 16.7 Å². The van der Waals surface area contributed by atoms with E-state index in [2.05, 4.69) is 61.4 Å². The van der Waals surface area contributed by atoms with Crippen LogP contribution in [-0.2, 0) is 18.3 Å². The Morgan fingerprint density at radius 3 is 2.28 bits per heavy atom. The Morgan fingerprint density at radius 1 is 0.969 bits per heavy atom. The second kappa shape index (κ2) is 8.99. The van der Waals surface area contributed by atoms with Gasteiger partial charge in [-0.15, -0.1) is 0 Å². The Labute approximate surface area is 189 Å². The normalized spacial score (nSPS) is 16.9. The first-order valence-electron chi connectivity index (χ1n) is 11.0. The molecule has 0 aliphatic carbocycles. The first-order valence-corrected chi connectivity index (χ1v) is 11.0. The van der Waals surface area contributed by atoms with Crippen molar-refractivity contribution in [1.82, 2.24) is 19.6 Å². The largest absolute Gasteiger partial charge is 0.344 e. The Morgan fingerprint density at radius 2 is 1.66 bits per heavy atom. The van der Waals surface area contributed by atoms with E-state index in [4.69, 9.17) is 0 Å². The van der Waals surface area contributed by atoms with Crippen LogP contribution in [0.1, 0.15) is 27.2 Å². The number of amides is 2. The zero-order chi connectivity index (χ0) is 22.8. The summed E-state index contributed by atoms with van der Waals surface area (Å²) in [4.78, 5) is 29.6. The first-order chi connectivity index (χ1) is 15.3. The average Bonchev–Trinajstić information content (AvgIpc) is 3.14. The number of likely N-dealkylation sites (N-methyl/N-ethyl adjacent to an activating group) is 1. The van der Waals surface area contributed by atoms with E-state index in [0.29, 0.717) is 31.7 Å². The SMILES string of the molecule is Cc1cc(C)cc(-c2ccc(C[C@H]3CN(C(=O)c4ccnn4C)CCN(C)C3=O)cc2)c1. The lowest BCUT2D eigenvalue weighted by Crippen LogP contribution is -2.38. The smallest absolute Gasteiger partial charge is 0.272 e. The van der Waals surface area contributed by atoms with Gasteiger partial charge in [0.2, 0.25) is 5.91 Å². The highest BCUT2D eigenvalue weighted by atomic mass is 16.2. The maximum atomic E-state index is 13.0. The molecule has 0 saturated carbocycles. The molecule has 2 aromatic carbocycles. The number of hydrogen-bond acceptors (Lipinski definition) is 3. The molecule has 1 aliphatic rings. The van der Waals surface area contributed by atoms with Crippen LogP contribution >= 0.6 is 0 Å². The van der Waals surface area contributed by atoms with Crippen molar-refractivity contribution in [2.24, 2.45) is 13.0 Å². The van der Waals surface area contributed by atoms with Crippen LogP contribution in [0.5, 0.6) is 0 Å². The Bertz CT molecular complexity index is 1110. The summed E-state index contributed by atoms with van der Waals surface area (Å²) in [5.41, 5.74) is 6.49. The lowest BCUT2D eigenvalue weighted by molar-refractivity contribution is -0.133. The van der Waals surface area contributed by atoms with Crippen LogP contribution in [0.3, 0.4) is 0 Å². The van der Waals surface area contributed by atoms with Crippen molar-refractivity contribution in [3.63, 3.8) is 0 Å². The molecule has 6 heteroatoms. The van der Waals surface area contributed by atoms with Gasteiger partial charge in [0.25, 0.3) is 5.91 Å². The van der Waals surface area contributed by atoms with E-state index < -0.39 is 0 Å². The van der Waals surface area contributed by atoms with Crippen LogP contribution < -0.4 is 0 Å². The first kappa shape index (κ1) is 21.8. The molecule has 0 bridgehead atoms. The van der Waals surface area contributed by atoms with E-state index in [1.807, 2.05) is 7.05 Å². The van der Waals surface area contributed by atoms with E-state index in [9.17, 15) is 9.59 Å². The van der Waals surface area contributed by atoms with Crippen LogP contribution in [0, 0.1) is 19.8 Å². The molecule has 0 unspecified atom stereocenters. The summed E-state index contributed by atoms with van der Waals surface area (Å²) in [6, 6.07) is 16.7. The number of nitrogens with zero attached hydrogens (tertiary/aromatic N) is 4. The molecule has 2 heterocycles. The third kappa shape index (κ3) is 4.59. The van der Waals surface area contributed by atoms with Gasteiger partial charge in [-0.1, -0.05) is 53.6 Å². The third-order valence-corrected chi connectivity index (χ3v) is 6.19. The molecule has 1 aliphatic heterocycles. The number of rotatable bonds is 4. The summed E-state index contributed by atoms with van der Waals surface area (Å²) in [7, 11) is 3.58. The van der Waals surface area contributed by atoms with Crippen LogP contribution in [0.4, 0.5) is 0 Å². The second-order valence-corrected chi connectivity index (χ2v) is 8.83. The molecule has 0 radical (unpaired) electrons. The number of carbonyl (C=O) groups excluding carboxylic acids is 2. The predicted octanol–water partition coefficient (Wildman–Crippen LogP) is 3.48. The summed E-state index contributed by atoms with van der Waals surface area (Å²) in [5, 5.41) is 4.11. The van der Waals surface area contributed by atoms with Crippen molar-refractivity contribution in [3.05, 3.63) is 77.1 Å². The lowest BCUT2D eigenvalue weighted by atomic mass is 9.95. The van der Waals surface area contributed by atoms with E-state index in [-0.39, 0.29) is 17.7 Å². The highest BCUT2D eigenvalue weighted by Gasteiger charge is 2.31. The molecule has 3 aromatic rings. The standard InChI is InChI=1S/C26H30N4O2/c1-18-13-19(2)15-22(14-18)21-7-5-20(6-8-21)16-23-17-30(12-11-28(3)25(23)31)26(32)24-9-10-27-29(24)4/h5-10,13-15,23H,11-12,16-17H2,1-4H3/t23-/m0/s1. The van der Waals surface area contributed by atoms with Gasteiger partial charge < -0.3 is 9.80 Å². The fraction of sp³-hybridized carbons (Fsp3) is 0.346. The second-order valence-electron chi connectivity index (χ2n) is 8.83. The molecule has 1 saturated heterocycles. The van der Waals surface area contributed by atoms with Gasteiger partial charge in [-0.3, -0.25) is 14.3 Å². The topological polar surface area (TPSA) is 58.4 Å². The Kier molecular flexibility index (Phi) is 6.12. The van der Waals surface area contributed by atoms with Crippen molar-refractivity contribution in [3.8, 4) is 11.1 Å². The number of carbonyl (C=O) groups is 2. The molecule has 1 aromatic heterocycles. The fourth-order valence-corrected chi connectivity index (χ4v) is 4.47. The number of benzene rings is 2. The summed E-state index contributed by atoms with van der Waals surface area (Å²) in [5.74, 6) is -0.265. The molecular formula is C26H30N4O2. The molecule has 6 nitrogen and oxygen atoms in total. The number of aryl methyl sites for hydroxylation is 3. The minimum absolute atomic E-state index is 0.0803. The molecule has 166 valence electrons. The fourth-order valence-electron chi connectivity index (χ4n) is 4.47. The van der Waals surface area contributed by atoms with Crippen LogP contribution in [-0.4, -0.2) is 58.1 Å². The Balaban J connectivity index is 1.52. The molecule has 0 N–H and O–H groups in total. The molecule has 1 atom stereocenters. The van der Waals surface area contributed by atoms with Crippen molar-refractivity contribution in [2.75, 3.05) is 26.7 Å². The van der Waals surface area contributed by atoms with Gasteiger partial charge in [0.05, 0.1) is 5.92 Å². The quantitative estimate of drug-likeness (QED) is 0.637. The monoisotopic (exact) mass is 430 g/mol. The molecule has 32 heavy (non-hydrogen) atoms. The lowest BCUT2D eigenvalue weighted by Gasteiger charge is -2.23. The van der Waals surface area contributed by atoms with Gasteiger partial charge in [0.15, 0.2) is 0 Å². The molecule has 0 spiro atoms. The van der Waals surface area contributed by atoms with Crippen LogP contribution in [0.25, 0.3) is 11.1 Å². The van der Waals surface area contributed by atoms with E-state index in [1.54, 1.807) is 33.8 Å². The van der Waals surface area contributed by atoms with Crippen molar-refractivity contribution < 1.29 is 9.59 Å². The van der Waals surface area contributed by atoms with Crippen molar-refractivity contribution in [1.29, 1.82) is 0 Å². The minimum atomic E-state index is -0.272. The van der Waals surface area contributed by atoms with Gasteiger partial charge in [0.1, 0.15) is 5.69 Å². The highest BCUT2D eigenvalue weighted by molar-refractivity contribution is 5.93. The predicted molar refractivity (Wildman–Crippen MR) is 125 cm³/mol. The molecule has 4 rings (SSSR count). The summed E-state index contributed by atoms with van der Waals surface area (Å²) in [6.45, 7) is 5.68. The molecular weight excluding hydrogens is 400 g/mol. The van der Waals surface area contributed by atoms with E-state index >= 15 is 0 Å². The van der Waals surface area contributed by atoms with Crippen LogP contribution in [0.2, 0.25) is 0 Å². The zero-order valence-electron chi connectivity index (χ0n) is 19.2. The zero-order valence-corrected chi connectivity index (χ0v) is 19.2. The van der Waals surface area contributed by atoms with Gasteiger partial charge in [0, 0.05) is 39.9 Å². The maximum Gasteiger partial charge on any atom is 0.272 e. The minimum Gasteiger partial charge on any atom is -0.344 e. The Hall–Kier alpha value is -3.41. The average molecular weight is 431 g/mol. The van der Waals surface area contributed by atoms with Crippen molar-refractivity contribution in [2.45, 2.75) is 20.3 Å². The van der Waals surface area contributed by atoms with Gasteiger partial charge >= 0.3 is 0 Å². The summed E-state index contributed by atoms with van der Waals surface area (Å²) < 4.78 is 1.58. The highest BCUT2D eigenvalue weighted by Crippen LogP contribution is 2.24. The van der Waals surface area contributed by atoms with E-state index in [0.717, 1.165) is 11.1 Å². The van der Waals surface area contributed by atoms with Gasteiger partial charge in [-0.2, -0.15) is 5.10 Å². The summed E-state index contributed by atoms with van der Waals surface area (Å²) in [6.07, 6.45) is 2.22.